The molecule has 0 saturated heterocycles. The van der Waals surface area contributed by atoms with Gasteiger partial charge in [0.15, 0.2) is 0 Å². The number of rotatable bonds is 3. The molecule has 2 aromatic rings. The summed E-state index contributed by atoms with van der Waals surface area (Å²) < 4.78 is 11.6. The van der Waals surface area contributed by atoms with E-state index in [0.717, 1.165) is 10.2 Å². The highest BCUT2D eigenvalue weighted by Gasteiger charge is 2.07. The number of anilines is 1. The quantitative estimate of drug-likeness (QED) is 0.845. The molecular weight excluding hydrogens is 318 g/mol. The molecule has 3 nitrogen and oxygen atoms in total. The van der Waals surface area contributed by atoms with Crippen molar-refractivity contribution in [3.05, 3.63) is 45.9 Å². The number of hydrogen-bond acceptors (Lipinski definition) is 3. The number of benzene rings is 2. The van der Waals surface area contributed by atoms with E-state index >= 15 is 0 Å². The Morgan fingerprint density at radius 3 is 2.44 bits per heavy atom. The van der Waals surface area contributed by atoms with E-state index in [2.05, 4.69) is 15.9 Å². The highest BCUT2D eigenvalue weighted by Crippen LogP contribution is 2.36. The normalized spacial score (nSPS) is 10.2. The molecule has 0 fully saturated rings. The topological polar surface area (TPSA) is 44.5 Å². The minimum atomic E-state index is 0.470. The lowest BCUT2D eigenvalue weighted by molar-refractivity contribution is 0.412. The van der Waals surface area contributed by atoms with E-state index in [-0.39, 0.29) is 0 Å². The van der Waals surface area contributed by atoms with Crippen LogP contribution in [0, 0.1) is 0 Å². The highest BCUT2D eigenvalue weighted by atomic mass is 79.9. The smallest absolute Gasteiger partial charge is 0.146 e. The molecule has 0 unspecified atom stereocenters. The van der Waals surface area contributed by atoms with Crippen molar-refractivity contribution in [1.29, 1.82) is 0 Å². The fourth-order valence-corrected chi connectivity index (χ4v) is 2.08. The highest BCUT2D eigenvalue weighted by molar-refractivity contribution is 9.10. The van der Waals surface area contributed by atoms with Gasteiger partial charge in [-0.05, 0) is 52.3 Å². The van der Waals surface area contributed by atoms with Gasteiger partial charge in [-0.1, -0.05) is 11.6 Å². The summed E-state index contributed by atoms with van der Waals surface area (Å²) in [6.45, 7) is 0. The van der Waals surface area contributed by atoms with Crippen LogP contribution in [0.3, 0.4) is 0 Å². The second-order valence-corrected chi connectivity index (χ2v) is 4.85. The Morgan fingerprint density at radius 2 is 1.83 bits per heavy atom. The maximum Gasteiger partial charge on any atom is 0.146 e. The Morgan fingerprint density at radius 1 is 1.11 bits per heavy atom. The summed E-state index contributed by atoms with van der Waals surface area (Å²) in [6.07, 6.45) is 0. The number of nitrogens with two attached hydrogens (primary N) is 1. The fourth-order valence-electron chi connectivity index (χ4n) is 1.41. The molecule has 0 heterocycles. The average molecular weight is 329 g/mol. The molecule has 0 aromatic heterocycles. The molecule has 0 aliphatic rings. The van der Waals surface area contributed by atoms with Crippen LogP contribution >= 0.6 is 27.5 Å². The lowest BCUT2D eigenvalue weighted by Gasteiger charge is -2.10. The Bertz CT molecular complexity index is 575. The molecule has 0 spiro atoms. The second-order valence-electron chi connectivity index (χ2n) is 3.59. The molecule has 18 heavy (non-hydrogen) atoms. The van der Waals surface area contributed by atoms with Gasteiger partial charge in [-0.25, -0.2) is 0 Å². The van der Waals surface area contributed by atoms with Crippen LogP contribution in [0.4, 0.5) is 5.69 Å². The van der Waals surface area contributed by atoms with E-state index in [4.69, 9.17) is 26.8 Å². The van der Waals surface area contributed by atoms with E-state index < -0.39 is 0 Å². The van der Waals surface area contributed by atoms with Crippen molar-refractivity contribution in [2.45, 2.75) is 0 Å². The first kappa shape index (κ1) is 13.1. The maximum atomic E-state index is 6.05. The molecule has 2 rings (SSSR count). The Kier molecular flexibility index (Phi) is 3.99. The minimum Gasteiger partial charge on any atom is -0.497 e. The zero-order valence-electron chi connectivity index (χ0n) is 9.61. The van der Waals surface area contributed by atoms with Gasteiger partial charge in [0.1, 0.15) is 17.2 Å². The molecular formula is C13H11BrClNO2. The molecule has 0 atom stereocenters. The van der Waals surface area contributed by atoms with Gasteiger partial charge in [0, 0.05) is 5.69 Å². The molecule has 0 saturated carbocycles. The van der Waals surface area contributed by atoms with Crippen LogP contribution in [0.1, 0.15) is 0 Å². The summed E-state index contributed by atoms with van der Waals surface area (Å²) in [5.41, 5.74) is 6.22. The summed E-state index contributed by atoms with van der Waals surface area (Å²) in [5, 5.41) is 0.470. The summed E-state index contributed by atoms with van der Waals surface area (Å²) >= 11 is 9.46. The van der Waals surface area contributed by atoms with Crippen molar-refractivity contribution in [2.24, 2.45) is 0 Å². The van der Waals surface area contributed by atoms with Gasteiger partial charge < -0.3 is 15.2 Å². The molecule has 0 aliphatic heterocycles. The van der Waals surface area contributed by atoms with Crippen molar-refractivity contribution in [3.63, 3.8) is 0 Å². The van der Waals surface area contributed by atoms with Crippen molar-refractivity contribution >= 4 is 33.2 Å². The fraction of sp³-hybridized carbons (Fsp3) is 0.0769. The number of halogens is 2. The van der Waals surface area contributed by atoms with Gasteiger partial charge in [-0.2, -0.15) is 0 Å². The number of ether oxygens (including phenoxy) is 2. The van der Waals surface area contributed by atoms with E-state index in [1.165, 1.54) is 0 Å². The predicted molar refractivity (Wildman–Crippen MR) is 76.6 cm³/mol. The molecule has 0 radical (unpaired) electrons. The van der Waals surface area contributed by atoms with E-state index in [9.17, 15) is 0 Å². The lowest BCUT2D eigenvalue weighted by atomic mass is 10.3. The molecule has 0 aliphatic carbocycles. The van der Waals surface area contributed by atoms with Gasteiger partial charge in [0.25, 0.3) is 0 Å². The van der Waals surface area contributed by atoms with E-state index in [1.807, 2.05) is 12.1 Å². The molecule has 0 bridgehead atoms. The minimum absolute atomic E-state index is 0.470. The third-order valence-electron chi connectivity index (χ3n) is 2.31. The summed E-state index contributed by atoms with van der Waals surface area (Å²) in [7, 11) is 1.61. The van der Waals surface area contributed by atoms with Gasteiger partial charge >= 0.3 is 0 Å². The third kappa shape index (κ3) is 2.89. The summed E-state index contributed by atoms with van der Waals surface area (Å²) in [5.74, 6) is 1.96. The second kappa shape index (κ2) is 5.50. The Balaban J connectivity index is 2.28. The molecule has 5 heteroatoms. The molecule has 94 valence electrons. The van der Waals surface area contributed by atoms with E-state index in [1.54, 1.807) is 31.4 Å². The van der Waals surface area contributed by atoms with Crippen LogP contribution < -0.4 is 15.2 Å². The van der Waals surface area contributed by atoms with Crippen molar-refractivity contribution in [2.75, 3.05) is 12.8 Å². The van der Waals surface area contributed by atoms with E-state index in [0.29, 0.717) is 22.2 Å². The van der Waals surface area contributed by atoms with Crippen LogP contribution in [0.2, 0.25) is 5.02 Å². The first-order valence-corrected chi connectivity index (χ1v) is 6.33. The lowest BCUT2D eigenvalue weighted by Crippen LogP contribution is -1.90. The third-order valence-corrected chi connectivity index (χ3v) is 3.23. The summed E-state index contributed by atoms with van der Waals surface area (Å²) in [4.78, 5) is 0. The van der Waals surface area contributed by atoms with Crippen LogP contribution in [-0.4, -0.2) is 7.11 Å². The first-order valence-electron chi connectivity index (χ1n) is 5.16. The van der Waals surface area contributed by atoms with Crippen molar-refractivity contribution in [3.8, 4) is 17.2 Å². The van der Waals surface area contributed by atoms with Gasteiger partial charge in [0.05, 0.1) is 16.6 Å². The Labute approximate surface area is 119 Å². The number of nitrogen functional groups attached to an aromatic ring is 1. The van der Waals surface area contributed by atoms with Crippen LogP contribution in [0.5, 0.6) is 17.2 Å². The van der Waals surface area contributed by atoms with Crippen LogP contribution in [0.25, 0.3) is 0 Å². The van der Waals surface area contributed by atoms with Crippen molar-refractivity contribution in [1.82, 2.24) is 0 Å². The summed E-state index contributed by atoms with van der Waals surface area (Å²) in [6, 6.07) is 10.5. The maximum absolute atomic E-state index is 6.05. The Hall–Kier alpha value is -1.39. The molecule has 2 aromatic carbocycles. The van der Waals surface area contributed by atoms with Gasteiger partial charge in [-0.3, -0.25) is 0 Å². The average Bonchev–Trinajstić information content (AvgIpc) is 2.34. The van der Waals surface area contributed by atoms with Crippen molar-refractivity contribution < 1.29 is 9.47 Å². The van der Waals surface area contributed by atoms with Crippen LogP contribution in [0.15, 0.2) is 40.9 Å². The largest absolute Gasteiger partial charge is 0.497 e. The zero-order chi connectivity index (χ0) is 13.1. The van der Waals surface area contributed by atoms with Gasteiger partial charge in [-0.15, -0.1) is 0 Å². The van der Waals surface area contributed by atoms with Gasteiger partial charge in [0.2, 0.25) is 0 Å². The first-order chi connectivity index (χ1) is 8.60. The number of methoxy groups -OCH3 is 1. The monoisotopic (exact) mass is 327 g/mol. The zero-order valence-corrected chi connectivity index (χ0v) is 12.0. The SMILES string of the molecule is COc1ccc(Oc2ccc(N)cc2Cl)c(Br)c1. The molecule has 2 N–H and O–H groups in total. The standard InChI is InChI=1S/C13H11BrClNO2/c1-17-9-3-5-12(10(14)7-9)18-13-4-2-8(16)6-11(13)15/h2-7H,16H2,1H3. The van der Waals surface area contributed by atoms with Crippen LogP contribution in [-0.2, 0) is 0 Å². The predicted octanol–water partition coefficient (Wildman–Crippen LogP) is 4.49. The molecule has 0 amide bonds. The number of hydrogen-bond donors (Lipinski definition) is 1.